The number of nitrogens with one attached hydrogen (secondary N) is 1. The van der Waals surface area contributed by atoms with E-state index >= 15 is 0 Å². The van der Waals surface area contributed by atoms with Crippen LogP contribution in [-0.2, 0) is 6.42 Å². The van der Waals surface area contributed by atoms with Crippen LogP contribution in [0.4, 0.5) is 0 Å². The number of hydrogen-bond donors (Lipinski definition) is 2. The molecule has 0 bridgehead atoms. The van der Waals surface area contributed by atoms with Crippen LogP contribution in [0.5, 0.6) is 17.2 Å². The molecule has 0 unspecified atom stereocenters. The van der Waals surface area contributed by atoms with Gasteiger partial charge in [-0.15, -0.1) is 0 Å². The van der Waals surface area contributed by atoms with Crippen molar-refractivity contribution in [3.63, 3.8) is 0 Å². The number of aryl methyl sites for hydroxylation is 1. The number of para-hydroxylation sites is 1. The van der Waals surface area contributed by atoms with E-state index in [1.165, 1.54) is 10.9 Å². The third kappa shape index (κ3) is 4.28. The number of benzene rings is 3. The van der Waals surface area contributed by atoms with Crippen molar-refractivity contribution >= 4 is 10.9 Å². The lowest BCUT2D eigenvalue weighted by atomic mass is 10.00. The van der Waals surface area contributed by atoms with Gasteiger partial charge in [0, 0.05) is 22.2 Å². The van der Waals surface area contributed by atoms with Crippen LogP contribution < -0.4 is 15.2 Å². The lowest BCUT2D eigenvalue weighted by molar-refractivity contribution is 0.415. The molecule has 1 heterocycles. The minimum Gasteiger partial charge on any atom is -0.497 e. The Morgan fingerprint density at radius 2 is 1.66 bits per heavy atom. The van der Waals surface area contributed by atoms with E-state index in [0.717, 1.165) is 53.3 Å². The summed E-state index contributed by atoms with van der Waals surface area (Å²) < 4.78 is 11.5. The number of ether oxygens (including phenoxy) is 2. The highest BCUT2D eigenvalue weighted by atomic mass is 16.5. The molecule has 0 saturated heterocycles. The first-order chi connectivity index (χ1) is 14.3. The summed E-state index contributed by atoms with van der Waals surface area (Å²) in [5.74, 6) is 2.51. The second kappa shape index (κ2) is 8.84. The molecule has 4 rings (SSSR count). The lowest BCUT2D eigenvalue weighted by Gasteiger charge is -2.09. The van der Waals surface area contributed by atoms with Crippen molar-refractivity contribution in [2.45, 2.75) is 19.3 Å². The van der Waals surface area contributed by atoms with E-state index in [0.29, 0.717) is 6.54 Å². The highest BCUT2D eigenvalue weighted by molar-refractivity contribution is 5.92. The average Bonchev–Trinajstić information content (AvgIpc) is 3.12. The summed E-state index contributed by atoms with van der Waals surface area (Å²) in [5, 5.41) is 1.20. The molecule has 0 radical (unpaired) electrons. The SMILES string of the molecule is COc1ccc2[nH]c(-c3cccc(Oc4ccccc4)c3)c(CCCCN)c2c1. The molecule has 0 aliphatic heterocycles. The molecule has 29 heavy (non-hydrogen) atoms. The fourth-order valence-corrected chi connectivity index (χ4v) is 3.65. The monoisotopic (exact) mass is 386 g/mol. The Morgan fingerprint density at radius 1 is 0.828 bits per heavy atom. The first kappa shape index (κ1) is 19.1. The van der Waals surface area contributed by atoms with Crippen LogP contribution in [-0.4, -0.2) is 18.6 Å². The molecule has 0 atom stereocenters. The Bertz CT molecular complexity index is 1090. The van der Waals surface area contributed by atoms with Crippen molar-refractivity contribution in [2.24, 2.45) is 5.73 Å². The summed E-state index contributed by atoms with van der Waals surface area (Å²) in [6, 6.07) is 24.2. The summed E-state index contributed by atoms with van der Waals surface area (Å²) in [6.07, 6.45) is 3.02. The molecule has 0 aliphatic carbocycles. The number of H-pyrrole nitrogens is 1. The van der Waals surface area contributed by atoms with Gasteiger partial charge in [-0.3, -0.25) is 0 Å². The third-order valence-electron chi connectivity index (χ3n) is 5.10. The fraction of sp³-hybridized carbons (Fsp3) is 0.200. The predicted octanol–water partition coefficient (Wildman–Crippen LogP) is 5.92. The maximum Gasteiger partial charge on any atom is 0.128 e. The van der Waals surface area contributed by atoms with Crippen LogP contribution >= 0.6 is 0 Å². The smallest absolute Gasteiger partial charge is 0.128 e. The van der Waals surface area contributed by atoms with Gasteiger partial charge in [-0.1, -0.05) is 30.3 Å². The molecule has 3 N–H and O–H groups in total. The van der Waals surface area contributed by atoms with Gasteiger partial charge in [0.05, 0.1) is 7.11 Å². The number of rotatable bonds is 8. The molecule has 0 spiro atoms. The van der Waals surface area contributed by atoms with Crippen LogP contribution in [0, 0.1) is 0 Å². The van der Waals surface area contributed by atoms with Gasteiger partial charge < -0.3 is 20.2 Å². The average molecular weight is 386 g/mol. The van der Waals surface area contributed by atoms with E-state index in [4.69, 9.17) is 15.2 Å². The standard InChI is InChI=1S/C25H26N2O2/c1-28-20-13-14-24-23(17-20)22(12-5-6-15-26)25(27-24)18-8-7-11-21(16-18)29-19-9-3-2-4-10-19/h2-4,7-11,13-14,16-17,27H,5-6,12,15,26H2,1H3. The summed E-state index contributed by atoms with van der Waals surface area (Å²) in [7, 11) is 1.70. The van der Waals surface area contributed by atoms with E-state index in [-0.39, 0.29) is 0 Å². The molecule has 0 aliphatic rings. The van der Waals surface area contributed by atoms with E-state index in [9.17, 15) is 0 Å². The molecule has 0 saturated carbocycles. The van der Waals surface area contributed by atoms with Gasteiger partial charge in [0.2, 0.25) is 0 Å². The minimum absolute atomic E-state index is 0.710. The van der Waals surface area contributed by atoms with Gasteiger partial charge in [0.25, 0.3) is 0 Å². The topological polar surface area (TPSA) is 60.3 Å². The van der Waals surface area contributed by atoms with Gasteiger partial charge in [0.1, 0.15) is 17.2 Å². The predicted molar refractivity (Wildman–Crippen MR) is 119 cm³/mol. The lowest BCUT2D eigenvalue weighted by Crippen LogP contribution is -1.99. The molecule has 4 heteroatoms. The number of hydrogen-bond acceptors (Lipinski definition) is 3. The number of methoxy groups -OCH3 is 1. The quantitative estimate of drug-likeness (QED) is 0.370. The Balaban J connectivity index is 1.74. The van der Waals surface area contributed by atoms with Gasteiger partial charge >= 0.3 is 0 Å². The third-order valence-corrected chi connectivity index (χ3v) is 5.10. The Labute approximate surface area is 171 Å². The largest absolute Gasteiger partial charge is 0.497 e. The number of aromatic nitrogens is 1. The summed E-state index contributed by atoms with van der Waals surface area (Å²) in [4.78, 5) is 3.61. The fourth-order valence-electron chi connectivity index (χ4n) is 3.65. The van der Waals surface area contributed by atoms with E-state index in [1.54, 1.807) is 7.11 Å². The van der Waals surface area contributed by atoms with Crippen molar-refractivity contribution in [1.29, 1.82) is 0 Å². The van der Waals surface area contributed by atoms with Crippen molar-refractivity contribution in [2.75, 3.05) is 13.7 Å². The highest BCUT2D eigenvalue weighted by Crippen LogP contribution is 2.35. The van der Waals surface area contributed by atoms with Crippen molar-refractivity contribution in [3.05, 3.63) is 78.4 Å². The maximum absolute atomic E-state index is 6.04. The van der Waals surface area contributed by atoms with Gasteiger partial charge in [-0.25, -0.2) is 0 Å². The molecule has 0 fully saturated rings. The zero-order chi connectivity index (χ0) is 20.1. The molecule has 0 amide bonds. The molecule has 4 nitrogen and oxygen atoms in total. The van der Waals surface area contributed by atoms with Crippen LogP contribution in [0.15, 0.2) is 72.8 Å². The summed E-state index contributed by atoms with van der Waals surface area (Å²) >= 11 is 0. The van der Waals surface area contributed by atoms with Crippen LogP contribution in [0.3, 0.4) is 0 Å². The number of nitrogens with two attached hydrogens (primary N) is 1. The first-order valence-electron chi connectivity index (χ1n) is 10.0. The number of unbranched alkanes of at least 4 members (excludes halogenated alkanes) is 1. The van der Waals surface area contributed by atoms with Gasteiger partial charge in [0.15, 0.2) is 0 Å². The molecular weight excluding hydrogens is 360 g/mol. The first-order valence-corrected chi connectivity index (χ1v) is 10.0. The Hall–Kier alpha value is -3.24. The normalized spacial score (nSPS) is 11.0. The highest BCUT2D eigenvalue weighted by Gasteiger charge is 2.14. The van der Waals surface area contributed by atoms with Crippen molar-refractivity contribution < 1.29 is 9.47 Å². The van der Waals surface area contributed by atoms with Gasteiger partial charge in [-0.05, 0) is 73.8 Å². The van der Waals surface area contributed by atoms with E-state index < -0.39 is 0 Å². The van der Waals surface area contributed by atoms with Crippen LogP contribution in [0.2, 0.25) is 0 Å². The summed E-state index contributed by atoms with van der Waals surface area (Å²) in [6.45, 7) is 0.710. The molecular formula is C25H26N2O2. The zero-order valence-electron chi connectivity index (χ0n) is 16.7. The van der Waals surface area contributed by atoms with Crippen LogP contribution in [0.25, 0.3) is 22.2 Å². The minimum atomic E-state index is 0.710. The van der Waals surface area contributed by atoms with Crippen LogP contribution in [0.1, 0.15) is 18.4 Å². The maximum atomic E-state index is 6.04. The molecule has 148 valence electrons. The second-order valence-electron chi connectivity index (χ2n) is 7.08. The number of aromatic amines is 1. The molecule has 1 aromatic heterocycles. The van der Waals surface area contributed by atoms with Crippen molar-refractivity contribution in [1.82, 2.24) is 4.98 Å². The molecule has 3 aromatic carbocycles. The van der Waals surface area contributed by atoms with E-state index in [1.807, 2.05) is 48.5 Å². The number of fused-ring (bicyclic) bond motifs is 1. The zero-order valence-corrected chi connectivity index (χ0v) is 16.7. The van der Waals surface area contributed by atoms with Crippen molar-refractivity contribution in [3.8, 4) is 28.5 Å². The molecule has 4 aromatic rings. The van der Waals surface area contributed by atoms with Gasteiger partial charge in [-0.2, -0.15) is 0 Å². The Morgan fingerprint density at radius 3 is 2.45 bits per heavy atom. The Kier molecular flexibility index (Phi) is 5.82. The van der Waals surface area contributed by atoms with E-state index in [2.05, 4.69) is 29.2 Å². The summed E-state index contributed by atoms with van der Waals surface area (Å²) in [5.41, 5.74) is 10.4. The second-order valence-corrected chi connectivity index (χ2v) is 7.08.